The van der Waals surface area contributed by atoms with Crippen LogP contribution < -0.4 is 5.32 Å². The molecule has 0 bridgehead atoms. The molecule has 2 aliphatic heterocycles. The van der Waals surface area contributed by atoms with Crippen molar-refractivity contribution in [1.82, 2.24) is 14.5 Å². The summed E-state index contributed by atoms with van der Waals surface area (Å²) in [6.45, 7) is 3.39. The maximum Gasteiger partial charge on any atom is 0.274 e. The Morgan fingerprint density at radius 2 is 2.21 bits per heavy atom. The summed E-state index contributed by atoms with van der Waals surface area (Å²) in [4.78, 5) is 18.7. The van der Waals surface area contributed by atoms with Crippen LogP contribution >= 0.6 is 0 Å². The van der Waals surface area contributed by atoms with Gasteiger partial charge in [-0.2, -0.15) is 0 Å². The molecule has 0 aliphatic carbocycles. The van der Waals surface area contributed by atoms with Crippen molar-refractivity contribution in [2.75, 3.05) is 32.1 Å². The molecule has 3 rings (SSSR count). The predicted octanol–water partition coefficient (Wildman–Crippen LogP) is 0.950. The molecule has 1 fully saturated rings. The van der Waals surface area contributed by atoms with Gasteiger partial charge in [0.2, 0.25) is 5.95 Å². The summed E-state index contributed by atoms with van der Waals surface area (Å²) in [6, 6.07) is 0. The van der Waals surface area contributed by atoms with E-state index < -0.39 is 0 Å². The summed E-state index contributed by atoms with van der Waals surface area (Å²) in [7, 11) is 1.73. The van der Waals surface area contributed by atoms with Gasteiger partial charge < -0.3 is 19.5 Å². The number of nitrogens with one attached hydrogen (secondary N) is 1. The third-order valence-corrected chi connectivity index (χ3v) is 3.92. The van der Waals surface area contributed by atoms with E-state index in [4.69, 9.17) is 4.74 Å². The molecule has 1 saturated heterocycles. The summed E-state index contributed by atoms with van der Waals surface area (Å²) < 4.78 is 7.35. The molecule has 0 radical (unpaired) electrons. The number of ether oxygens (including phenoxy) is 1. The van der Waals surface area contributed by atoms with Crippen molar-refractivity contribution in [1.29, 1.82) is 0 Å². The van der Waals surface area contributed by atoms with Gasteiger partial charge in [-0.05, 0) is 19.3 Å². The average molecular weight is 264 g/mol. The van der Waals surface area contributed by atoms with Crippen LogP contribution in [-0.4, -0.2) is 53.2 Å². The van der Waals surface area contributed by atoms with Gasteiger partial charge in [-0.3, -0.25) is 4.79 Å². The number of hydrogen-bond donors (Lipinski definition) is 1. The number of fused-ring (bicyclic) bond motifs is 1. The molecular weight excluding hydrogens is 244 g/mol. The van der Waals surface area contributed by atoms with E-state index in [1.807, 2.05) is 15.7 Å². The number of amides is 1. The summed E-state index contributed by atoms with van der Waals surface area (Å²) in [5.41, 5.74) is 0.556. The summed E-state index contributed by atoms with van der Waals surface area (Å²) >= 11 is 0. The molecule has 1 amide bonds. The molecule has 0 saturated carbocycles. The largest absolute Gasteiger partial charge is 0.381 e. The molecule has 1 N–H and O–H groups in total. The van der Waals surface area contributed by atoms with E-state index >= 15 is 0 Å². The zero-order valence-electron chi connectivity index (χ0n) is 11.3. The molecular formula is C13H20N4O2. The van der Waals surface area contributed by atoms with Crippen LogP contribution in [0.25, 0.3) is 0 Å². The lowest BCUT2D eigenvalue weighted by atomic mass is 10.1. The Balaban J connectivity index is 1.68. The first kappa shape index (κ1) is 12.5. The van der Waals surface area contributed by atoms with Crippen LogP contribution in [0.1, 0.15) is 29.8 Å². The van der Waals surface area contributed by atoms with Gasteiger partial charge in [0.05, 0.1) is 6.10 Å². The number of nitrogens with zero attached hydrogens (tertiary/aromatic N) is 3. The fourth-order valence-corrected chi connectivity index (χ4v) is 2.74. The summed E-state index contributed by atoms with van der Waals surface area (Å²) in [5, 5.41) is 3.22. The summed E-state index contributed by atoms with van der Waals surface area (Å²) in [6.07, 6.45) is 5.06. The van der Waals surface area contributed by atoms with Crippen LogP contribution in [0.2, 0.25) is 0 Å². The Hall–Kier alpha value is -1.56. The minimum absolute atomic E-state index is 0.0400. The second-order valence-electron chi connectivity index (χ2n) is 5.15. The third kappa shape index (κ3) is 2.45. The smallest absolute Gasteiger partial charge is 0.274 e. The minimum atomic E-state index is 0.0400. The second-order valence-corrected chi connectivity index (χ2v) is 5.15. The highest BCUT2D eigenvalue weighted by molar-refractivity contribution is 5.92. The number of carbonyl (C=O) groups excluding carboxylic acids is 1. The van der Waals surface area contributed by atoms with E-state index in [1.54, 1.807) is 7.11 Å². The molecule has 0 spiro atoms. The Morgan fingerprint density at radius 3 is 2.89 bits per heavy atom. The first-order chi connectivity index (χ1) is 9.28. The van der Waals surface area contributed by atoms with Crippen molar-refractivity contribution in [3.63, 3.8) is 0 Å². The molecule has 2 aliphatic rings. The van der Waals surface area contributed by atoms with E-state index in [0.29, 0.717) is 11.8 Å². The van der Waals surface area contributed by atoms with Gasteiger partial charge in [0.25, 0.3) is 5.91 Å². The topological polar surface area (TPSA) is 59.4 Å². The number of aryl methyl sites for hydroxylation is 1. The predicted molar refractivity (Wildman–Crippen MR) is 71.3 cm³/mol. The van der Waals surface area contributed by atoms with Crippen molar-refractivity contribution in [3.8, 4) is 0 Å². The number of likely N-dealkylation sites (tertiary alicyclic amines) is 1. The molecule has 104 valence electrons. The van der Waals surface area contributed by atoms with Gasteiger partial charge in [0.1, 0.15) is 5.69 Å². The number of carbonyl (C=O) groups is 1. The molecule has 6 nitrogen and oxygen atoms in total. The van der Waals surface area contributed by atoms with Crippen molar-refractivity contribution in [3.05, 3.63) is 11.9 Å². The number of aromatic nitrogens is 2. The van der Waals surface area contributed by atoms with Crippen LogP contribution in [0.3, 0.4) is 0 Å². The SMILES string of the molecule is COC1CCN(C(=O)c2cn3c(n2)NCCC3)CC1. The number of piperidine rings is 1. The van der Waals surface area contributed by atoms with Crippen LogP contribution in [-0.2, 0) is 11.3 Å². The van der Waals surface area contributed by atoms with Gasteiger partial charge in [-0.15, -0.1) is 0 Å². The fraction of sp³-hybridized carbons (Fsp3) is 0.692. The quantitative estimate of drug-likeness (QED) is 0.864. The van der Waals surface area contributed by atoms with Gasteiger partial charge >= 0.3 is 0 Å². The molecule has 0 aromatic carbocycles. The lowest BCUT2D eigenvalue weighted by Gasteiger charge is -2.30. The van der Waals surface area contributed by atoms with Crippen molar-refractivity contribution >= 4 is 11.9 Å². The Morgan fingerprint density at radius 1 is 1.42 bits per heavy atom. The first-order valence-corrected chi connectivity index (χ1v) is 6.91. The Labute approximate surface area is 112 Å². The number of hydrogen-bond acceptors (Lipinski definition) is 4. The highest BCUT2D eigenvalue weighted by Gasteiger charge is 2.26. The lowest BCUT2D eigenvalue weighted by molar-refractivity contribution is 0.0348. The zero-order chi connectivity index (χ0) is 13.2. The molecule has 3 heterocycles. The molecule has 0 unspecified atom stereocenters. The first-order valence-electron chi connectivity index (χ1n) is 6.91. The average Bonchev–Trinajstić information content (AvgIpc) is 2.90. The highest BCUT2D eigenvalue weighted by Crippen LogP contribution is 2.18. The van der Waals surface area contributed by atoms with Crippen LogP contribution in [0, 0.1) is 0 Å². The molecule has 19 heavy (non-hydrogen) atoms. The summed E-state index contributed by atoms with van der Waals surface area (Å²) in [5.74, 6) is 0.861. The molecule has 1 aromatic rings. The van der Waals surface area contributed by atoms with Crippen molar-refractivity contribution in [2.24, 2.45) is 0 Å². The molecule has 1 aromatic heterocycles. The van der Waals surface area contributed by atoms with Crippen LogP contribution in [0.5, 0.6) is 0 Å². The van der Waals surface area contributed by atoms with Gasteiger partial charge in [0, 0.05) is 39.5 Å². The molecule has 6 heteroatoms. The third-order valence-electron chi connectivity index (χ3n) is 3.92. The standard InChI is InChI=1S/C13H20N4O2/c1-19-10-3-7-16(8-4-10)12(18)11-9-17-6-2-5-14-13(17)15-11/h9-10H,2-8H2,1H3,(H,14,15). The van der Waals surface area contributed by atoms with Crippen molar-refractivity contribution in [2.45, 2.75) is 31.9 Å². The van der Waals surface area contributed by atoms with Gasteiger partial charge in [-0.1, -0.05) is 0 Å². The Kier molecular flexibility index (Phi) is 3.42. The van der Waals surface area contributed by atoms with E-state index in [2.05, 4.69) is 10.3 Å². The second kappa shape index (κ2) is 5.21. The monoisotopic (exact) mass is 264 g/mol. The number of methoxy groups -OCH3 is 1. The maximum absolute atomic E-state index is 12.4. The van der Waals surface area contributed by atoms with Crippen LogP contribution in [0.4, 0.5) is 5.95 Å². The zero-order valence-corrected chi connectivity index (χ0v) is 11.3. The highest BCUT2D eigenvalue weighted by atomic mass is 16.5. The lowest BCUT2D eigenvalue weighted by Crippen LogP contribution is -2.40. The fourth-order valence-electron chi connectivity index (χ4n) is 2.74. The number of imidazole rings is 1. The number of anilines is 1. The normalized spacial score (nSPS) is 19.9. The number of rotatable bonds is 2. The van der Waals surface area contributed by atoms with E-state index in [1.165, 1.54) is 0 Å². The van der Waals surface area contributed by atoms with Gasteiger partial charge in [-0.25, -0.2) is 4.98 Å². The minimum Gasteiger partial charge on any atom is -0.381 e. The Bertz CT molecular complexity index is 440. The van der Waals surface area contributed by atoms with E-state index in [9.17, 15) is 4.79 Å². The maximum atomic E-state index is 12.4. The van der Waals surface area contributed by atoms with E-state index in [-0.39, 0.29) is 5.91 Å². The van der Waals surface area contributed by atoms with E-state index in [0.717, 1.165) is 51.4 Å². The van der Waals surface area contributed by atoms with Crippen LogP contribution in [0.15, 0.2) is 6.20 Å². The van der Waals surface area contributed by atoms with Crippen molar-refractivity contribution < 1.29 is 9.53 Å². The van der Waals surface area contributed by atoms with Gasteiger partial charge in [0.15, 0.2) is 0 Å². The molecule has 0 atom stereocenters.